The summed E-state index contributed by atoms with van der Waals surface area (Å²) in [6.07, 6.45) is 1.52. The molecule has 1 aromatic carbocycles. The number of amidine groups is 1. The van der Waals surface area contributed by atoms with Crippen molar-refractivity contribution in [1.82, 2.24) is 9.36 Å². The third kappa shape index (κ3) is 2.40. The molecule has 0 aliphatic heterocycles. The number of hydrogen-bond donors (Lipinski definition) is 2. The first kappa shape index (κ1) is 11.1. The van der Waals surface area contributed by atoms with Gasteiger partial charge in [-0.2, -0.15) is 4.37 Å². The molecule has 0 saturated carbocycles. The van der Waals surface area contributed by atoms with Gasteiger partial charge in [-0.15, -0.1) is 0 Å². The zero-order chi connectivity index (χ0) is 11.5. The van der Waals surface area contributed by atoms with E-state index in [1.807, 2.05) is 25.1 Å². The van der Waals surface area contributed by atoms with Gasteiger partial charge in [0.25, 0.3) is 0 Å². The molecule has 0 aliphatic carbocycles. The van der Waals surface area contributed by atoms with E-state index in [1.54, 1.807) is 0 Å². The van der Waals surface area contributed by atoms with Crippen molar-refractivity contribution >= 4 is 29.1 Å². The fourth-order valence-electron chi connectivity index (χ4n) is 1.25. The molecule has 3 N–H and O–H groups in total. The highest BCUT2D eigenvalue weighted by molar-refractivity contribution is 8.01. The van der Waals surface area contributed by atoms with Gasteiger partial charge in [-0.25, -0.2) is 4.98 Å². The molecule has 82 valence electrons. The van der Waals surface area contributed by atoms with E-state index < -0.39 is 0 Å². The fraction of sp³-hybridized carbons (Fsp3) is 0.100. The van der Waals surface area contributed by atoms with Crippen molar-refractivity contribution in [1.29, 1.82) is 5.41 Å². The van der Waals surface area contributed by atoms with Gasteiger partial charge in [0.2, 0.25) is 0 Å². The number of aryl methyl sites for hydroxylation is 1. The summed E-state index contributed by atoms with van der Waals surface area (Å²) >= 11 is 2.81. The predicted molar refractivity (Wildman–Crippen MR) is 66.2 cm³/mol. The van der Waals surface area contributed by atoms with Crippen molar-refractivity contribution in [2.24, 2.45) is 5.73 Å². The summed E-state index contributed by atoms with van der Waals surface area (Å²) in [4.78, 5) is 5.03. The lowest BCUT2D eigenvalue weighted by Gasteiger charge is -2.06. The highest BCUT2D eigenvalue weighted by atomic mass is 32.2. The maximum Gasteiger partial charge on any atom is 0.174 e. The third-order valence-corrected chi connectivity index (χ3v) is 3.75. The van der Waals surface area contributed by atoms with Gasteiger partial charge < -0.3 is 5.73 Å². The Labute approximate surface area is 102 Å². The Bertz CT molecular complexity index is 508. The Balaban J connectivity index is 2.36. The van der Waals surface area contributed by atoms with Crippen LogP contribution < -0.4 is 5.73 Å². The van der Waals surface area contributed by atoms with Gasteiger partial charge in [-0.1, -0.05) is 23.4 Å². The number of rotatable bonds is 3. The van der Waals surface area contributed by atoms with E-state index in [9.17, 15) is 0 Å². The van der Waals surface area contributed by atoms with Crippen molar-refractivity contribution in [2.75, 3.05) is 0 Å². The molecular formula is C10H10N4S2. The molecule has 0 fully saturated rings. The lowest BCUT2D eigenvalue weighted by Crippen LogP contribution is -2.12. The van der Waals surface area contributed by atoms with Gasteiger partial charge in [-0.3, -0.25) is 5.41 Å². The molecule has 0 amide bonds. The van der Waals surface area contributed by atoms with Gasteiger partial charge in [0.1, 0.15) is 12.2 Å². The summed E-state index contributed by atoms with van der Waals surface area (Å²) in [6.45, 7) is 1.98. The van der Waals surface area contributed by atoms with Crippen molar-refractivity contribution in [3.8, 4) is 0 Å². The van der Waals surface area contributed by atoms with Crippen LogP contribution in [0.1, 0.15) is 11.1 Å². The lowest BCUT2D eigenvalue weighted by molar-refractivity contribution is 1.21. The first-order valence-corrected chi connectivity index (χ1v) is 6.15. The number of benzene rings is 1. The van der Waals surface area contributed by atoms with Crippen LogP contribution in [-0.4, -0.2) is 15.2 Å². The summed E-state index contributed by atoms with van der Waals surface area (Å²) in [5.74, 6) is 0.0794. The zero-order valence-electron chi connectivity index (χ0n) is 8.60. The molecule has 2 aromatic rings. The Hall–Kier alpha value is -1.40. The molecule has 4 nitrogen and oxygen atoms in total. The molecule has 0 radical (unpaired) electrons. The number of nitrogens with one attached hydrogen (secondary N) is 1. The highest BCUT2D eigenvalue weighted by Crippen LogP contribution is 2.31. The monoisotopic (exact) mass is 250 g/mol. The van der Waals surface area contributed by atoms with Crippen LogP contribution in [0.2, 0.25) is 0 Å². The average Bonchev–Trinajstić information content (AvgIpc) is 2.73. The molecule has 0 spiro atoms. The number of aromatic nitrogens is 2. The van der Waals surface area contributed by atoms with Gasteiger partial charge in [0, 0.05) is 10.5 Å². The van der Waals surface area contributed by atoms with Crippen LogP contribution in [0.3, 0.4) is 0 Å². The summed E-state index contributed by atoms with van der Waals surface area (Å²) < 4.78 is 4.79. The second kappa shape index (κ2) is 4.63. The molecule has 0 saturated heterocycles. The van der Waals surface area contributed by atoms with Crippen molar-refractivity contribution in [3.05, 3.63) is 35.7 Å². The van der Waals surface area contributed by atoms with Gasteiger partial charge >= 0.3 is 0 Å². The first-order valence-electron chi connectivity index (χ1n) is 4.56. The average molecular weight is 250 g/mol. The predicted octanol–water partition coefficient (Wildman–Crippen LogP) is 2.28. The molecule has 1 heterocycles. The summed E-state index contributed by atoms with van der Waals surface area (Å²) in [7, 11) is 0. The van der Waals surface area contributed by atoms with Crippen LogP contribution in [0.5, 0.6) is 0 Å². The van der Waals surface area contributed by atoms with E-state index in [1.165, 1.54) is 29.6 Å². The van der Waals surface area contributed by atoms with E-state index in [4.69, 9.17) is 11.1 Å². The second-order valence-corrected chi connectivity index (χ2v) is 5.29. The van der Waals surface area contributed by atoms with E-state index in [0.717, 1.165) is 20.4 Å². The molecule has 6 heteroatoms. The van der Waals surface area contributed by atoms with E-state index >= 15 is 0 Å². The fourth-order valence-corrected chi connectivity index (χ4v) is 2.77. The normalized spacial score (nSPS) is 10.3. The smallest absolute Gasteiger partial charge is 0.174 e. The maximum atomic E-state index is 7.53. The molecule has 16 heavy (non-hydrogen) atoms. The van der Waals surface area contributed by atoms with Crippen LogP contribution in [0.4, 0.5) is 0 Å². The third-order valence-electron chi connectivity index (χ3n) is 1.96. The van der Waals surface area contributed by atoms with E-state index in [0.29, 0.717) is 0 Å². The second-order valence-electron chi connectivity index (χ2n) is 3.22. The van der Waals surface area contributed by atoms with Crippen LogP contribution in [0, 0.1) is 12.3 Å². The highest BCUT2D eigenvalue weighted by Gasteiger charge is 2.09. The van der Waals surface area contributed by atoms with Gasteiger partial charge in [0.05, 0.1) is 0 Å². The van der Waals surface area contributed by atoms with Crippen LogP contribution >= 0.6 is 23.3 Å². The van der Waals surface area contributed by atoms with Crippen LogP contribution in [0.15, 0.2) is 33.8 Å². The zero-order valence-corrected chi connectivity index (χ0v) is 10.2. The van der Waals surface area contributed by atoms with Crippen molar-refractivity contribution < 1.29 is 0 Å². The molecular weight excluding hydrogens is 240 g/mol. The molecule has 0 bridgehead atoms. The van der Waals surface area contributed by atoms with Gasteiger partial charge in [0.15, 0.2) is 4.34 Å². The molecule has 2 rings (SSSR count). The molecule has 0 unspecified atom stereocenters. The molecule has 0 atom stereocenters. The SMILES string of the molecule is Cc1ccc(Sc2ncns2)c(C(=N)N)c1. The largest absolute Gasteiger partial charge is 0.384 e. The minimum Gasteiger partial charge on any atom is -0.384 e. The summed E-state index contributed by atoms with van der Waals surface area (Å²) in [6, 6.07) is 5.86. The Morgan fingerprint density at radius 2 is 2.31 bits per heavy atom. The minimum absolute atomic E-state index is 0.0794. The number of nitrogens with zero attached hydrogens (tertiary/aromatic N) is 2. The van der Waals surface area contributed by atoms with Crippen molar-refractivity contribution in [2.45, 2.75) is 16.2 Å². The van der Waals surface area contributed by atoms with E-state index in [2.05, 4.69) is 9.36 Å². The van der Waals surface area contributed by atoms with Gasteiger partial charge in [-0.05, 0) is 30.6 Å². The summed E-state index contributed by atoms with van der Waals surface area (Å²) in [5.41, 5.74) is 7.39. The Morgan fingerprint density at radius 3 is 2.94 bits per heavy atom. The summed E-state index contributed by atoms with van der Waals surface area (Å²) in [5, 5.41) is 7.53. The Morgan fingerprint density at radius 1 is 1.50 bits per heavy atom. The first-order chi connectivity index (χ1) is 7.66. The standard InChI is InChI=1S/C10H10N4S2/c1-6-2-3-8(7(4-6)9(11)12)15-10-13-5-14-16-10/h2-5H,1H3,(H3,11,12). The van der Waals surface area contributed by atoms with Crippen LogP contribution in [0.25, 0.3) is 0 Å². The molecule has 1 aromatic heterocycles. The lowest BCUT2D eigenvalue weighted by atomic mass is 10.1. The van der Waals surface area contributed by atoms with Crippen molar-refractivity contribution in [3.63, 3.8) is 0 Å². The topological polar surface area (TPSA) is 75.7 Å². The van der Waals surface area contributed by atoms with Crippen LogP contribution in [-0.2, 0) is 0 Å². The van der Waals surface area contributed by atoms with E-state index in [-0.39, 0.29) is 5.84 Å². The Kier molecular flexibility index (Phi) is 3.21. The number of nitrogens with two attached hydrogens (primary N) is 1. The minimum atomic E-state index is 0.0794. The number of nitrogen functional groups attached to an aromatic ring is 1. The number of hydrogen-bond acceptors (Lipinski definition) is 5. The quantitative estimate of drug-likeness (QED) is 0.647. The maximum absolute atomic E-state index is 7.53. The molecule has 0 aliphatic rings.